The summed E-state index contributed by atoms with van der Waals surface area (Å²) in [6.07, 6.45) is 1.28. The first-order valence-electron chi connectivity index (χ1n) is 11.6. The van der Waals surface area contributed by atoms with Crippen molar-refractivity contribution < 1.29 is 14.4 Å². The van der Waals surface area contributed by atoms with Crippen LogP contribution >= 0.6 is 0 Å². The summed E-state index contributed by atoms with van der Waals surface area (Å²) in [6, 6.07) is 16.2. The molecule has 8 heteroatoms. The fraction of sp³-hybridized carbons (Fsp3) is 0.346. The lowest BCUT2D eigenvalue weighted by Gasteiger charge is -2.38. The molecule has 1 aromatic heterocycles. The van der Waals surface area contributed by atoms with Crippen LogP contribution < -0.4 is 21.7 Å². The van der Waals surface area contributed by atoms with E-state index in [1.165, 1.54) is 0 Å². The average molecular weight is 462 g/mol. The summed E-state index contributed by atoms with van der Waals surface area (Å²) < 4.78 is 0. The molecule has 0 fully saturated rings. The highest BCUT2D eigenvalue weighted by molar-refractivity contribution is 5.96. The molecule has 34 heavy (non-hydrogen) atoms. The van der Waals surface area contributed by atoms with Gasteiger partial charge in [-0.1, -0.05) is 62.4 Å². The molecular formula is C26H31N5O3. The Labute approximate surface area is 198 Å². The third-order valence-electron chi connectivity index (χ3n) is 6.53. The van der Waals surface area contributed by atoms with E-state index in [-0.39, 0.29) is 5.92 Å². The van der Waals surface area contributed by atoms with Gasteiger partial charge in [-0.05, 0) is 36.0 Å². The number of aromatic amines is 1. The van der Waals surface area contributed by atoms with Crippen molar-refractivity contribution in [3.8, 4) is 0 Å². The van der Waals surface area contributed by atoms with Gasteiger partial charge in [-0.15, -0.1) is 0 Å². The third-order valence-corrected chi connectivity index (χ3v) is 6.53. The van der Waals surface area contributed by atoms with Crippen molar-refractivity contribution in [3.63, 3.8) is 0 Å². The number of carbonyl (C=O) groups is 3. The van der Waals surface area contributed by atoms with Gasteiger partial charge in [0.25, 0.3) is 0 Å². The Balaban J connectivity index is 1.61. The number of aromatic nitrogens is 1. The summed E-state index contributed by atoms with van der Waals surface area (Å²) >= 11 is 0. The Hall–Kier alpha value is -3.81. The number of H-pyrrole nitrogens is 1. The van der Waals surface area contributed by atoms with E-state index >= 15 is 0 Å². The van der Waals surface area contributed by atoms with Crippen LogP contribution in [0.25, 0.3) is 10.9 Å². The topological polar surface area (TPSA) is 129 Å². The number of hydrogen-bond acceptors (Lipinski definition) is 3. The summed E-state index contributed by atoms with van der Waals surface area (Å²) in [6.45, 7) is 3.97. The highest BCUT2D eigenvalue weighted by atomic mass is 16.2. The fourth-order valence-corrected chi connectivity index (χ4v) is 4.64. The number of rotatable bonds is 7. The summed E-state index contributed by atoms with van der Waals surface area (Å²) in [5.74, 6) is -1.19. The molecule has 8 nitrogen and oxygen atoms in total. The summed E-state index contributed by atoms with van der Waals surface area (Å²) in [5, 5.41) is 9.64. The molecule has 0 unspecified atom stereocenters. The highest BCUT2D eigenvalue weighted by Crippen LogP contribution is 2.34. The second-order valence-corrected chi connectivity index (χ2v) is 9.28. The minimum atomic E-state index is -1.22. The van der Waals surface area contributed by atoms with Crippen molar-refractivity contribution in [1.82, 2.24) is 20.9 Å². The number of aryl methyl sites for hydroxylation is 1. The molecule has 0 bridgehead atoms. The lowest BCUT2D eigenvalue weighted by Crippen LogP contribution is -2.65. The van der Waals surface area contributed by atoms with Crippen LogP contribution in [0.2, 0.25) is 0 Å². The molecule has 1 aliphatic carbocycles. The molecule has 0 spiro atoms. The van der Waals surface area contributed by atoms with Crippen LogP contribution in [-0.2, 0) is 29.0 Å². The van der Waals surface area contributed by atoms with E-state index in [1.54, 1.807) is 0 Å². The molecule has 3 aromatic rings. The van der Waals surface area contributed by atoms with Gasteiger partial charge < -0.3 is 26.7 Å². The number of hydrogen-bond donors (Lipinski definition) is 5. The lowest BCUT2D eigenvalue weighted by molar-refractivity contribution is -0.132. The van der Waals surface area contributed by atoms with E-state index in [9.17, 15) is 14.4 Å². The van der Waals surface area contributed by atoms with Crippen molar-refractivity contribution in [2.75, 3.05) is 0 Å². The largest absolute Gasteiger partial charge is 0.368 e. The molecule has 4 amide bonds. The first-order valence-corrected chi connectivity index (χ1v) is 11.6. The number of nitrogens with two attached hydrogens (primary N) is 1. The molecule has 1 heterocycles. The van der Waals surface area contributed by atoms with E-state index in [2.05, 4.69) is 20.9 Å². The zero-order valence-corrected chi connectivity index (χ0v) is 19.5. The number of amides is 4. The van der Waals surface area contributed by atoms with Crippen LogP contribution in [0.1, 0.15) is 37.1 Å². The molecule has 0 saturated heterocycles. The van der Waals surface area contributed by atoms with Crippen molar-refractivity contribution in [2.45, 2.75) is 51.2 Å². The number of nitrogens with one attached hydrogen (secondary N) is 4. The van der Waals surface area contributed by atoms with E-state index < -0.39 is 29.4 Å². The number of primary amides is 1. The molecule has 2 atom stereocenters. The molecular weight excluding hydrogens is 430 g/mol. The van der Waals surface area contributed by atoms with Crippen molar-refractivity contribution in [2.24, 2.45) is 11.7 Å². The Morgan fingerprint density at radius 1 is 1.06 bits per heavy atom. The van der Waals surface area contributed by atoms with Gasteiger partial charge in [0.1, 0.15) is 11.6 Å². The monoisotopic (exact) mass is 461 g/mol. The van der Waals surface area contributed by atoms with Crippen molar-refractivity contribution in [1.29, 1.82) is 0 Å². The van der Waals surface area contributed by atoms with E-state index in [1.807, 2.05) is 68.4 Å². The Morgan fingerprint density at radius 2 is 1.76 bits per heavy atom. The minimum absolute atomic E-state index is 0.183. The lowest BCUT2D eigenvalue weighted by atomic mass is 9.78. The summed E-state index contributed by atoms with van der Waals surface area (Å²) in [5.41, 5.74) is 8.34. The molecule has 0 aliphatic heterocycles. The predicted octanol–water partition coefficient (Wildman–Crippen LogP) is 2.52. The van der Waals surface area contributed by atoms with Crippen LogP contribution in [0, 0.1) is 5.92 Å². The molecule has 1 aliphatic rings. The van der Waals surface area contributed by atoms with E-state index in [0.29, 0.717) is 25.8 Å². The van der Waals surface area contributed by atoms with Gasteiger partial charge in [0.2, 0.25) is 11.8 Å². The van der Waals surface area contributed by atoms with Crippen LogP contribution in [-0.4, -0.2) is 34.4 Å². The van der Waals surface area contributed by atoms with Gasteiger partial charge >= 0.3 is 6.03 Å². The maximum Gasteiger partial charge on any atom is 0.315 e. The normalized spacial score (nSPS) is 18.2. The maximum absolute atomic E-state index is 13.6. The molecule has 0 saturated carbocycles. The maximum atomic E-state index is 13.6. The fourth-order valence-electron chi connectivity index (χ4n) is 4.64. The summed E-state index contributed by atoms with van der Waals surface area (Å²) in [4.78, 5) is 42.0. The van der Waals surface area contributed by atoms with Gasteiger partial charge in [0.15, 0.2) is 0 Å². The van der Waals surface area contributed by atoms with Crippen LogP contribution in [0.15, 0.2) is 54.6 Å². The third kappa shape index (κ3) is 4.76. The first-order chi connectivity index (χ1) is 16.3. The van der Waals surface area contributed by atoms with Gasteiger partial charge in [-0.2, -0.15) is 0 Å². The quantitative estimate of drug-likeness (QED) is 0.371. The standard InChI is InChI=1S/C26H31N5O3/c1-16(2)22(23(27)32)30-24(33)26(31-25(34)28-15-17-8-4-3-5-9-17)13-12-21-19(14-26)18-10-6-7-11-20(18)29-21/h3-11,16,22,29H,12-15H2,1-2H3,(H2,27,32)(H,30,33)(H2,28,31,34)/t22-,26+/m0/s1. The SMILES string of the molecule is CC(C)[C@H](NC(=O)[C@@]1(NC(=O)NCc2ccccc2)CCc2[nH]c3ccccc3c2C1)C(N)=O. The van der Waals surface area contributed by atoms with Crippen molar-refractivity contribution in [3.05, 3.63) is 71.4 Å². The molecule has 4 rings (SSSR count). The second kappa shape index (κ2) is 9.59. The molecule has 6 N–H and O–H groups in total. The highest BCUT2D eigenvalue weighted by Gasteiger charge is 2.45. The zero-order valence-electron chi connectivity index (χ0n) is 19.5. The van der Waals surface area contributed by atoms with Gasteiger partial charge in [-0.25, -0.2) is 4.79 Å². The number of para-hydroxylation sites is 1. The van der Waals surface area contributed by atoms with Gasteiger partial charge in [0.05, 0.1) is 0 Å². The number of urea groups is 1. The average Bonchev–Trinajstić information content (AvgIpc) is 3.19. The van der Waals surface area contributed by atoms with E-state index in [0.717, 1.165) is 27.7 Å². The number of fused-ring (bicyclic) bond motifs is 3. The molecule has 0 radical (unpaired) electrons. The zero-order chi connectivity index (χ0) is 24.3. The Morgan fingerprint density at radius 3 is 2.47 bits per heavy atom. The van der Waals surface area contributed by atoms with Gasteiger partial charge in [-0.3, -0.25) is 9.59 Å². The van der Waals surface area contributed by atoms with E-state index in [4.69, 9.17) is 5.73 Å². The van der Waals surface area contributed by atoms with Crippen LogP contribution in [0.5, 0.6) is 0 Å². The Bertz CT molecular complexity index is 1200. The molecule has 2 aromatic carbocycles. The van der Waals surface area contributed by atoms with Crippen LogP contribution in [0.4, 0.5) is 4.79 Å². The predicted molar refractivity (Wildman–Crippen MR) is 131 cm³/mol. The Kier molecular flexibility index (Phi) is 6.58. The minimum Gasteiger partial charge on any atom is -0.368 e. The first kappa shape index (κ1) is 23.4. The number of carbonyl (C=O) groups excluding carboxylic acids is 3. The van der Waals surface area contributed by atoms with Gasteiger partial charge in [0, 0.05) is 29.6 Å². The smallest absolute Gasteiger partial charge is 0.315 e. The van der Waals surface area contributed by atoms with Crippen molar-refractivity contribution >= 4 is 28.7 Å². The summed E-state index contributed by atoms with van der Waals surface area (Å²) in [7, 11) is 0. The molecule has 178 valence electrons. The second-order valence-electron chi connectivity index (χ2n) is 9.28. The van der Waals surface area contributed by atoms with Crippen LogP contribution in [0.3, 0.4) is 0 Å². The number of benzene rings is 2.